The van der Waals surface area contributed by atoms with E-state index in [2.05, 4.69) is 17.5 Å². The molecule has 1 saturated heterocycles. The zero-order valence-electron chi connectivity index (χ0n) is 17.5. The van der Waals surface area contributed by atoms with Gasteiger partial charge in [-0.2, -0.15) is 0 Å². The molecule has 1 aliphatic carbocycles. The summed E-state index contributed by atoms with van der Waals surface area (Å²) in [6.07, 6.45) is 10.5. The number of piperidine rings is 1. The topological polar surface area (TPSA) is 67.9 Å². The SMILES string of the molecule is COc1ccc(NC(=O)CCC2CCN(C(=O)[C@@H]3CC=CCC3)CC2)c(OC)c1. The third-order valence-corrected chi connectivity index (χ3v) is 6.01. The van der Waals surface area contributed by atoms with Gasteiger partial charge in [-0.3, -0.25) is 9.59 Å². The van der Waals surface area contributed by atoms with E-state index in [0.29, 0.717) is 35.4 Å². The fourth-order valence-electron chi connectivity index (χ4n) is 4.17. The van der Waals surface area contributed by atoms with Crippen molar-refractivity contribution in [2.75, 3.05) is 32.6 Å². The Balaban J connectivity index is 1.41. The van der Waals surface area contributed by atoms with Gasteiger partial charge in [-0.1, -0.05) is 12.2 Å². The average molecular weight is 401 g/mol. The predicted molar refractivity (Wildman–Crippen MR) is 113 cm³/mol. The molecular weight excluding hydrogens is 368 g/mol. The molecular formula is C23H32N2O4. The van der Waals surface area contributed by atoms with E-state index >= 15 is 0 Å². The van der Waals surface area contributed by atoms with Crippen molar-refractivity contribution in [2.24, 2.45) is 11.8 Å². The average Bonchev–Trinajstić information content (AvgIpc) is 2.78. The van der Waals surface area contributed by atoms with E-state index in [-0.39, 0.29) is 11.8 Å². The molecule has 0 radical (unpaired) electrons. The van der Waals surface area contributed by atoms with E-state index in [1.165, 1.54) is 0 Å². The van der Waals surface area contributed by atoms with Gasteiger partial charge in [0.25, 0.3) is 0 Å². The summed E-state index contributed by atoms with van der Waals surface area (Å²) < 4.78 is 10.5. The summed E-state index contributed by atoms with van der Waals surface area (Å²) in [7, 11) is 3.17. The number of likely N-dealkylation sites (tertiary alicyclic amines) is 1. The first-order valence-electron chi connectivity index (χ1n) is 10.6. The van der Waals surface area contributed by atoms with E-state index in [0.717, 1.165) is 51.6 Å². The minimum Gasteiger partial charge on any atom is -0.497 e. The van der Waals surface area contributed by atoms with Gasteiger partial charge >= 0.3 is 0 Å². The van der Waals surface area contributed by atoms with Gasteiger partial charge in [-0.15, -0.1) is 0 Å². The van der Waals surface area contributed by atoms with Gasteiger partial charge in [0.1, 0.15) is 11.5 Å². The van der Waals surface area contributed by atoms with E-state index < -0.39 is 0 Å². The molecule has 1 N–H and O–H groups in total. The zero-order valence-corrected chi connectivity index (χ0v) is 17.5. The van der Waals surface area contributed by atoms with Crippen molar-refractivity contribution in [1.82, 2.24) is 4.90 Å². The van der Waals surface area contributed by atoms with Crippen LogP contribution < -0.4 is 14.8 Å². The lowest BCUT2D eigenvalue weighted by Gasteiger charge is -2.34. The summed E-state index contributed by atoms with van der Waals surface area (Å²) in [6, 6.07) is 5.34. The fraction of sp³-hybridized carbons (Fsp3) is 0.565. The Kier molecular flexibility index (Phi) is 7.55. The van der Waals surface area contributed by atoms with Crippen molar-refractivity contribution < 1.29 is 19.1 Å². The molecule has 1 atom stereocenters. The molecule has 2 amide bonds. The predicted octanol–water partition coefficient (Wildman–Crippen LogP) is 4.02. The minimum atomic E-state index is -0.0130. The second-order valence-corrected chi connectivity index (χ2v) is 7.90. The Bertz CT molecular complexity index is 738. The Morgan fingerprint density at radius 1 is 1.10 bits per heavy atom. The number of carbonyl (C=O) groups is 2. The second-order valence-electron chi connectivity index (χ2n) is 7.90. The first kappa shape index (κ1) is 21.2. The van der Waals surface area contributed by atoms with Crippen LogP contribution in [0.5, 0.6) is 11.5 Å². The van der Waals surface area contributed by atoms with Crippen molar-refractivity contribution in [1.29, 1.82) is 0 Å². The lowest BCUT2D eigenvalue weighted by atomic mass is 9.89. The molecule has 158 valence electrons. The van der Waals surface area contributed by atoms with Gasteiger partial charge in [0.05, 0.1) is 19.9 Å². The number of methoxy groups -OCH3 is 2. The van der Waals surface area contributed by atoms with Crippen LogP contribution in [0.4, 0.5) is 5.69 Å². The highest BCUT2D eigenvalue weighted by Crippen LogP contribution is 2.30. The summed E-state index contributed by atoms with van der Waals surface area (Å²) in [4.78, 5) is 27.1. The van der Waals surface area contributed by atoms with E-state index in [9.17, 15) is 9.59 Å². The van der Waals surface area contributed by atoms with Gasteiger partial charge in [-0.05, 0) is 56.6 Å². The van der Waals surface area contributed by atoms with Crippen molar-refractivity contribution in [2.45, 2.75) is 44.9 Å². The van der Waals surface area contributed by atoms with E-state index in [4.69, 9.17) is 9.47 Å². The maximum absolute atomic E-state index is 12.6. The molecule has 0 unspecified atom stereocenters. The van der Waals surface area contributed by atoms with Crippen molar-refractivity contribution in [3.63, 3.8) is 0 Å². The molecule has 0 aromatic heterocycles. The Morgan fingerprint density at radius 3 is 2.55 bits per heavy atom. The highest BCUT2D eigenvalue weighted by atomic mass is 16.5. The number of rotatable bonds is 7. The van der Waals surface area contributed by atoms with Crippen LogP contribution in [0, 0.1) is 11.8 Å². The standard InChI is InChI=1S/C23H32N2O4/c1-28-19-9-10-20(21(16-19)29-2)24-22(26)11-8-17-12-14-25(15-13-17)23(27)18-6-4-3-5-7-18/h3-4,9-10,16-18H,5-8,11-15H2,1-2H3,(H,24,26)/t18-/m1/s1. The van der Waals surface area contributed by atoms with Gasteiger partial charge in [0.15, 0.2) is 0 Å². The van der Waals surface area contributed by atoms with Crippen LogP contribution in [-0.4, -0.2) is 44.0 Å². The number of hydrogen-bond acceptors (Lipinski definition) is 4. The molecule has 0 saturated carbocycles. The molecule has 2 aliphatic rings. The number of carbonyl (C=O) groups excluding carboxylic acids is 2. The van der Waals surface area contributed by atoms with Gasteiger partial charge in [0, 0.05) is 31.5 Å². The summed E-state index contributed by atoms with van der Waals surface area (Å²) in [6.45, 7) is 1.63. The van der Waals surface area contributed by atoms with Gasteiger partial charge in [0.2, 0.25) is 11.8 Å². The highest BCUT2D eigenvalue weighted by molar-refractivity contribution is 5.92. The van der Waals surface area contributed by atoms with Crippen LogP contribution in [0.2, 0.25) is 0 Å². The summed E-state index contributed by atoms with van der Waals surface area (Å²) in [5.74, 6) is 2.24. The molecule has 0 bridgehead atoms. The number of ether oxygens (including phenoxy) is 2. The van der Waals surface area contributed by atoms with Crippen LogP contribution in [0.15, 0.2) is 30.4 Å². The summed E-state index contributed by atoms with van der Waals surface area (Å²) >= 11 is 0. The first-order chi connectivity index (χ1) is 14.1. The van der Waals surface area contributed by atoms with E-state index in [1.54, 1.807) is 32.4 Å². The third kappa shape index (κ3) is 5.75. The van der Waals surface area contributed by atoms with E-state index in [1.807, 2.05) is 4.90 Å². The van der Waals surface area contributed by atoms with Crippen molar-refractivity contribution in [3.05, 3.63) is 30.4 Å². The lowest BCUT2D eigenvalue weighted by molar-refractivity contribution is -0.137. The number of amides is 2. The molecule has 1 aromatic rings. The Labute approximate surface area is 173 Å². The quantitative estimate of drug-likeness (QED) is 0.702. The number of allylic oxidation sites excluding steroid dienone is 2. The zero-order chi connectivity index (χ0) is 20.6. The van der Waals surface area contributed by atoms with Crippen LogP contribution in [0.1, 0.15) is 44.9 Å². The molecule has 0 spiro atoms. The lowest BCUT2D eigenvalue weighted by Crippen LogP contribution is -2.42. The van der Waals surface area contributed by atoms with Crippen LogP contribution in [-0.2, 0) is 9.59 Å². The summed E-state index contributed by atoms with van der Waals surface area (Å²) in [5, 5.41) is 2.93. The number of nitrogens with zero attached hydrogens (tertiary/aromatic N) is 1. The molecule has 6 heteroatoms. The molecule has 1 aromatic carbocycles. The summed E-state index contributed by atoms with van der Waals surface area (Å²) in [5.41, 5.74) is 0.653. The highest BCUT2D eigenvalue weighted by Gasteiger charge is 2.28. The number of hydrogen-bond donors (Lipinski definition) is 1. The van der Waals surface area contributed by atoms with Crippen LogP contribution in [0.25, 0.3) is 0 Å². The normalized spacial score (nSPS) is 19.7. The van der Waals surface area contributed by atoms with Crippen molar-refractivity contribution in [3.8, 4) is 11.5 Å². The molecule has 29 heavy (non-hydrogen) atoms. The van der Waals surface area contributed by atoms with Crippen molar-refractivity contribution >= 4 is 17.5 Å². The van der Waals surface area contributed by atoms with Gasteiger partial charge in [-0.25, -0.2) is 0 Å². The van der Waals surface area contributed by atoms with Gasteiger partial charge < -0.3 is 19.7 Å². The fourth-order valence-corrected chi connectivity index (χ4v) is 4.17. The minimum absolute atomic E-state index is 0.0130. The molecule has 1 heterocycles. The Morgan fingerprint density at radius 2 is 1.90 bits per heavy atom. The van der Waals surface area contributed by atoms with Crippen LogP contribution >= 0.6 is 0 Å². The first-order valence-corrected chi connectivity index (χ1v) is 10.6. The molecule has 3 rings (SSSR count). The third-order valence-electron chi connectivity index (χ3n) is 6.01. The molecule has 1 fully saturated rings. The monoisotopic (exact) mass is 400 g/mol. The van der Waals surface area contributed by atoms with Crippen LogP contribution in [0.3, 0.4) is 0 Å². The number of nitrogens with one attached hydrogen (secondary N) is 1. The maximum Gasteiger partial charge on any atom is 0.226 e. The maximum atomic E-state index is 12.6. The largest absolute Gasteiger partial charge is 0.497 e. The molecule has 6 nitrogen and oxygen atoms in total. The number of benzene rings is 1. The number of anilines is 1. The Hall–Kier alpha value is -2.50. The second kappa shape index (κ2) is 10.3. The molecule has 1 aliphatic heterocycles. The smallest absolute Gasteiger partial charge is 0.226 e.